The zero-order valence-corrected chi connectivity index (χ0v) is 21.1. The summed E-state index contributed by atoms with van der Waals surface area (Å²) in [4.78, 5) is 8.74. The Bertz CT molecular complexity index is 1230. The molecule has 0 amide bonds. The van der Waals surface area contributed by atoms with Crippen LogP contribution < -0.4 is 0 Å². The van der Waals surface area contributed by atoms with Crippen molar-refractivity contribution < 1.29 is 20.1 Å². The molecule has 2 aromatic heterocycles. The minimum Gasteiger partial charge on any atom is -0.305 e. The molecule has 33 heavy (non-hydrogen) atoms. The third-order valence-corrected chi connectivity index (χ3v) is 5.17. The van der Waals surface area contributed by atoms with Gasteiger partial charge in [0.1, 0.15) is 0 Å². The summed E-state index contributed by atoms with van der Waals surface area (Å²) < 4.78 is 0. The zero-order valence-electron chi connectivity index (χ0n) is 18.7. The quantitative estimate of drug-likeness (QED) is 0.198. The van der Waals surface area contributed by atoms with Gasteiger partial charge in [-0.05, 0) is 54.4 Å². The van der Waals surface area contributed by atoms with Crippen LogP contribution in [-0.4, -0.2) is 9.97 Å². The first-order valence-electron chi connectivity index (χ1n) is 10.7. The molecule has 0 aliphatic rings. The molecule has 2 heterocycles. The molecule has 0 bridgehead atoms. The van der Waals surface area contributed by atoms with Crippen molar-refractivity contribution in [2.45, 2.75) is 13.8 Å². The maximum absolute atomic E-state index is 4.53. The van der Waals surface area contributed by atoms with Gasteiger partial charge < -0.3 is 4.98 Å². The molecule has 0 saturated heterocycles. The second-order valence-corrected chi connectivity index (χ2v) is 7.61. The van der Waals surface area contributed by atoms with E-state index in [4.69, 9.17) is 0 Å². The molecule has 2 nitrogen and oxygen atoms in total. The molecule has 3 heteroatoms. The number of nitrogens with zero attached hydrogens (tertiary/aromatic N) is 2. The van der Waals surface area contributed by atoms with E-state index in [9.17, 15) is 0 Å². The Morgan fingerprint density at radius 2 is 1.36 bits per heavy atom. The average Bonchev–Trinajstić information content (AvgIpc) is 2.86. The molecular weight excluding hydrogens is 581 g/mol. The van der Waals surface area contributed by atoms with Crippen LogP contribution in [0.3, 0.4) is 0 Å². The molecule has 5 rings (SSSR count). The van der Waals surface area contributed by atoms with Crippen LogP contribution >= 0.6 is 0 Å². The van der Waals surface area contributed by atoms with Crippen molar-refractivity contribution in [2.75, 3.05) is 0 Å². The van der Waals surface area contributed by atoms with Gasteiger partial charge in [-0.25, -0.2) is 0 Å². The maximum Gasteiger partial charge on any atom is 0.0710 e. The predicted molar refractivity (Wildman–Crippen MR) is 133 cm³/mol. The molecule has 0 aliphatic carbocycles. The molecule has 1 radical (unpaired) electrons. The van der Waals surface area contributed by atoms with E-state index in [0.29, 0.717) is 0 Å². The maximum atomic E-state index is 4.53. The van der Waals surface area contributed by atoms with Gasteiger partial charge in [0, 0.05) is 38.1 Å². The molecule has 0 unspecified atom stereocenters. The molecule has 0 atom stereocenters. The summed E-state index contributed by atoms with van der Waals surface area (Å²) in [5.74, 6) is 0. The number of pyridine rings is 2. The molecule has 0 aliphatic heterocycles. The number of hydrogen-bond acceptors (Lipinski definition) is 2. The third kappa shape index (κ3) is 6.55. The summed E-state index contributed by atoms with van der Waals surface area (Å²) in [6, 6.07) is 37.9. The Hall–Kier alpha value is -3.39. The normalized spacial score (nSPS) is 9.88. The summed E-state index contributed by atoms with van der Waals surface area (Å²) in [5, 5.41) is 0. The van der Waals surface area contributed by atoms with Crippen LogP contribution in [0.5, 0.6) is 0 Å². The van der Waals surface area contributed by atoms with Crippen LogP contribution in [0.4, 0.5) is 0 Å². The second kappa shape index (κ2) is 12.0. The van der Waals surface area contributed by atoms with E-state index in [1.807, 2.05) is 54.7 Å². The molecule has 0 fully saturated rings. The van der Waals surface area contributed by atoms with Gasteiger partial charge in [-0.15, -0.1) is 35.9 Å². The van der Waals surface area contributed by atoms with Crippen LogP contribution in [0.1, 0.15) is 11.1 Å². The molecular formula is C30H25IrN2-. The number of rotatable bonds is 3. The topological polar surface area (TPSA) is 25.8 Å². The minimum atomic E-state index is 0. The Morgan fingerprint density at radius 1 is 0.606 bits per heavy atom. The van der Waals surface area contributed by atoms with E-state index in [0.717, 1.165) is 17.0 Å². The fourth-order valence-electron chi connectivity index (χ4n) is 3.56. The van der Waals surface area contributed by atoms with E-state index in [1.165, 1.54) is 27.8 Å². The summed E-state index contributed by atoms with van der Waals surface area (Å²) in [5.41, 5.74) is 9.22. The molecule has 0 saturated carbocycles. The number of benzene rings is 3. The van der Waals surface area contributed by atoms with Gasteiger partial charge >= 0.3 is 0 Å². The van der Waals surface area contributed by atoms with Crippen LogP contribution in [0.25, 0.3) is 33.6 Å². The Morgan fingerprint density at radius 3 is 2.06 bits per heavy atom. The van der Waals surface area contributed by atoms with Crippen LogP contribution in [0.15, 0.2) is 116 Å². The van der Waals surface area contributed by atoms with Crippen LogP contribution in [0, 0.1) is 19.9 Å². The molecule has 5 aromatic rings. The Balaban J connectivity index is 0.000000202. The fourth-order valence-corrected chi connectivity index (χ4v) is 3.56. The smallest absolute Gasteiger partial charge is 0.0710 e. The monoisotopic (exact) mass is 606 g/mol. The van der Waals surface area contributed by atoms with Gasteiger partial charge in [0.25, 0.3) is 0 Å². The number of aromatic nitrogens is 2. The van der Waals surface area contributed by atoms with E-state index in [2.05, 4.69) is 84.5 Å². The summed E-state index contributed by atoms with van der Waals surface area (Å²) in [7, 11) is 0. The van der Waals surface area contributed by atoms with Crippen molar-refractivity contribution in [2.24, 2.45) is 0 Å². The van der Waals surface area contributed by atoms with Gasteiger partial charge in [-0.1, -0.05) is 66.2 Å². The van der Waals surface area contributed by atoms with Gasteiger partial charge in [0.05, 0.1) is 5.69 Å². The van der Waals surface area contributed by atoms with E-state index >= 15 is 0 Å². The first-order chi connectivity index (χ1) is 15.7. The number of aryl methyl sites for hydroxylation is 2. The van der Waals surface area contributed by atoms with E-state index in [-0.39, 0.29) is 20.1 Å². The Labute approximate surface area is 209 Å². The molecule has 0 spiro atoms. The van der Waals surface area contributed by atoms with Gasteiger partial charge in [0.15, 0.2) is 0 Å². The summed E-state index contributed by atoms with van der Waals surface area (Å²) >= 11 is 0. The van der Waals surface area contributed by atoms with Crippen molar-refractivity contribution in [3.8, 4) is 33.6 Å². The van der Waals surface area contributed by atoms with E-state index < -0.39 is 0 Å². The first kappa shape index (κ1) is 24.3. The Kier molecular flexibility index (Phi) is 8.83. The van der Waals surface area contributed by atoms with Crippen molar-refractivity contribution in [1.29, 1.82) is 0 Å². The molecule has 165 valence electrons. The third-order valence-electron chi connectivity index (χ3n) is 5.17. The van der Waals surface area contributed by atoms with Crippen LogP contribution in [0.2, 0.25) is 0 Å². The largest absolute Gasteiger partial charge is 0.305 e. The van der Waals surface area contributed by atoms with Crippen molar-refractivity contribution in [1.82, 2.24) is 9.97 Å². The average molecular weight is 606 g/mol. The van der Waals surface area contributed by atoms with Crippen molar-refractivity contribution in [3.05, 3.63) is 133 Å². The fraction of sp³-hybridized carbons (Fsp3) is 0.0667. The number of hydrogen-bond donors (Lipinski definition) is 0. The van der Waals surface area contributed by atoms with Gasteiger partial charge in [0.2, 0.25) is 0 Å². The SMILES string of the molecule is Cc1ccc(-c2cc(-c3ccccc3)ccn2)c(C)c1.[Ir].[c-]1ccccc1-c1ccccn1. The van der Waals surface area contributed by atoms with Crippen LogP contribution in [-0.2, 0) is 20.1 Å². The van der Waals surface area contributed by atoms with Gasteiger partial charge in [-0.2, -0.15) is 0 Å². The van der Waals surface area contributed by atoms with Gasteiger partial charge in [-0.3, -0.25) is 4.98 Å². The van der Waals surface area contributed by atoms with Crippen molar-refractivity contribution in [3.63, 3.8) is 0 Å². The molecule has 0 N–H and O–H groups in total. The minimum absolute atomic E-state index is 0. The summed E-state index contributed by atoms with van der Waals surface area (Å²) in [6.45, 7) is 4.25. The standard InChI is InChI=1S/C19H17N.C11H8N.Ir/c1-14-8-9-18(15(2)12-14)19-13-17(10-11-20-19)16-6-4-3-5-7-16;1-2-6-10(7-3-1)11-8-4-5-9-12-11;/h3-13H,1-2H3;1-6,8-9H;/q;-1;. The first-order valence-corrected chi connectivity index (χ1v) is 10.7. The molecule has 3 aromatic carbocycles. The predicted octanol–water partition coefficient (Wildman–Crippen LogP) is 7.58. The summed E-state index contributed by atoms with van der Waals surface area (Å²) in [6.07, 6.45) is 3.67. The van der Waals surface area contributed by atoms with E-state index in [1.54, 1.807) is 6.20 Å². The zero-order chi connectivity index (χ0) is 22.2. The van der Waals surface area contributed by atoms with Crippen molar-refractivity contribution >= 4 is 0 Å². The second-order valence-electron chi connectivity index (χ2n) is 7.61.